The van der Waals surface area contributed by atoms with E-state index in [1.807, 2.05) is 0 Å². The smallest absolute Gasteiger partial charge is 0.347 e. The summed E-state index contributed by atoms with van der Waals surface area (Å²) in [4.78, 5) is 69.2. The van der Waals surface area contributed by atoms with Crippen LogP contribution in [0.4, 0.5) is 0 Å². The average molecular weight is 434 g/mol. The van der Waals surface area contributed by atoms with E-state index in [-0.39, 0.29) is 0 Å². The molecule has 2 aromatic carbocycles. The molecule has 0 aliphatic carbocycles. The molecule has 2 rings (SSSR count). The number of carboxylic acid groups (broad SMARTS) is 4. The van der Waals surface area contributed by atoms with E-state index in [4.69, 9.17) is 10.2 Å². The Hall–Kier alpha value is -4.94. The van der Waals surface area contributed by atoms with Crippen molar-refractivity contribution in [3.05, 3.63) is 57.6 Å². The number of carbonyl (C=O) groups is 6. The normalized spacial score (nSPS) is 10.2. The van der Waals surface area contributed by atoms with Crippen molar-refractivity contribution < 1.29 is 64.1 Å². The van der Waals surface area contributed by atoms with Gasteiger partial charge in [-0.1, -0.05) is 0 Å². The number of hydrogen-bond donors (Lipinski definition) is 6. The standard InChI is InChI=1S/C18H10O13/c19-11-7(13(21)22)3-1-5(9(11)15(25)26)17(29)31-18(30)6-2-4-8(14(23)24)12(20)10(6)16(27)28/h1-4,19-20H,(H,21,22)(H,23,24)(H,25,26)(H,27,28). The van der Waals surface area contributed by atoms with Crippen LogP contribution < -0.4 is 0 Å². The van der Waals surface area contributed by atoms with Crippen molar-refractivity contribution >= 4 is 35.8 Å². The quantitative estimate of drug-likeness (QED) is 0.274. The third-order valence-corrected chi connectivity index (χ3v) is 3.87. The van der Waals surface area contributed by atoms with E-state index in [0.29, 0.717) is 24.3 Å². The number of benzene rings is 2. The first-order valence-electron chi connectivity index (χ1n) is 7.80. The molecule has 6 N–H and O–H groups in total. The maximum absolute atomic E-state index is 12.3. The molecule has 0 unspecified atom stereocenters. The van der Waals surface area contributed by atoms with Gasteiger partial charge in [0.25, 0.3) is 0 Å². The molecule has 160 valence electrons. The maximum atomic E-state index is 12.3. The van der Waals surface area contributed by atoms with Gasteiger partial charge in [-0.25, -0.2) is 28.8 Å². The molecule has 0 fully saturated rings. The zero-order valence-corrected chi connectivity index (χ0v) is 14.9. The highest BCUT2D eigenvalue weighted by atomic mass is 16.6. The lowest BCUT2D eigenvalue weighted by Gasteiger charge is -2.11. The zero-order valence-electron chi connectivity index (χ0n) is 14.9. The molecule has 0 atom stereocenters. The first-order chi connectivity index (χ1) is 14.4. The summed E-state index contributed by atoms with van der Waals surface area (Å²) in [6, 6.07) is 2.62. The van der Waals surface area contributed by atoms with Gasteiger partial charge in [-0.05, 0) is 24.3 Å². The number of esters is 2. The topological polar surface area (TPSA) is 233 Å². The summed E-state index contributed by atoms with van der Waals surface area (Å²) in [7, 11) is 0. The lowest BCUT2D eigenvalue weighted by Crippen LogP contribution is -2.19. The highest BCUT2D eigenvalue weighted by Crippen LogP contribution is 2.29. The molecule has 31 heavy (non-hydrogen) atoms. The highest BCUT2D eigenvalue weighted by molar-refractivity contribution is 6.13. The second kappa shape index (κ2) is 8.20. The Morgan fingerprint density at radius 3 is 1.06 bits per heavy atom. The van der Waals surface area contributed by atoms with Crippen LogP contribution in [0.25, 0.3) is 0 Å². The monoisotopic (exact) mass is 434 g/mol. The number of carbonyl (C=O) groups excluding carboxylic acids is 2. The lowest BCUT2D eigenvalue weighted by atomic mass is 10.0. The van der Waals surface area contributed by atoms with Gasteiger partial charge in [-0.2, -0.15) is 0 Å². The number of hydrogen-bond acceptors (Lipinski definition) is 9. The van der Waals surface area contributed by atoms with E-state index >= 15 is 0 Å². The van der Waals surface area contributed by atoms with E-state index in [0.717, 1.165) is 0 Å². The fourth-order valence-electron chi connectivity index (χ4n) is 2.49. The summed E-state index contributed by atoms with van der Waals surface area (Å²) in [6.45, 7) is 0. The van der Waals surface area contributed by atoms with Crippen LogP contribution in [0, 0.1) is 0 Å². The number of aromatic hydroxyl groups is 2. The Morgan fingerprint density at radius 1 is 0.516 bits per heavy atom. The summed E-state index contributed by atoms with van der Waals surface area (Å²) in [5.41, 5.74) is -5.98. The Kier molecular flexibility index (Phi) is 5.91. The molecule has 0 bridgehead atoms. The minimum Gasteiger partial charge on any atom is -0.506 e. The lowest BCUT2D eigenvalue weighted by molar-refractivity contribution is 0.0383. The molecule has 0 aromatic heterocycles. The van der Waals surface area contributed by atoms with Crippen molar-refractivity contribution in [2.75, 3.05) is 0 Å². The number of aromatic carboxylic acids is 4. The summed E-state index contributed by atoms with van der Waals surface area (Å²) in [6.07, 6.45) is 0. The zero-order chi connectivity index (χ0) is 23.6. The fraction of sp³-hybridized carbons (Fsp3) is 0. The Labute approximate surface area is 170 Å². The SMILES string of the molecule is O=C(O)c1ccc(C(=O)OC(=O)c2ccc(C(=O)O)c(O)c2C(=O)O)c(C(=O)O)c1O. The van der Waals surface area contributed by atoms with Crippen LogP contribution in [0.3, 0.4) is 0 Å². The average Bonchev–Trinajstić information content (AvgIpc) is 2.65. The van der Waals surface area contributed by atoms with Crippen molar-refractivity contribution in [3.8, 4) is 11.5 Å². The van der Waals surface area contributed by atoms with Crippen LogP contribution in [0.2, 0.25) is 0 Å². The third kappa shape index (κ3) is 4.09. The summed E-state index contributed by atoms with van der Waals surface area (Å²) < 4.78 is 4.39. The van der Waals surface area contributed by atoms with E-state index in [1.165, 1.54) is 0 Å². The van der Waals surface area contributed by atoms with Crippen molar-refractivity contribution in [2.24, 2.45) is 0 Å². The van der Waals surface area contributed by atoms with Gasteiger partial charge in [-0.15, -0.1) is 0 Å². The highest BCUT2D eigenvalue weighted by Gasteiger charge is 2.31. The largest absolute Gasteiger partial charge is 0.506 e. The number of carboxylic acids is 4. The maximum Gasteiger partial charge on any atom is 0.347 e. The van der Waals surface area contributed by atoms with Gasteiger partial charge in [0.15, 0.2) is 0 Å². The second-order valence-corrected chi connectivity index (χ2v) is 5.67. The molecule has 0 saturated heterocycles. The number of rotatable bonds is 6. The van der Waals surface area contributed by atoms with E-state index in [9.17, 15) is 49.2 Å². The van der Waals surface area contributed by atoms with Gasteiger partial charge in [0.05, 0.1) is 11.1 Å². The van der Waals surface area contributed by atoms with Crippen LogP contribution in [0.15, 0.2) is 24.3 Å². The van der Waals surface area contributed by atoms with Gasteiger partial charge in [0, 0.05) is 0 Å². The predicted molar refractivity (Wildman–Crippen MR) is 93.8 cm³/mol. The summed E-state index contributed by atoms with van der Waals surface area (Å²) in [5.74, 6) is -13.3. The molecule has 0 amide bonds. The van der Waals surface area contributed by atoms with Gasteiger partial charge >= 0.3 is 35.8 Å². The minimum absolute atomic E-state index is 0.644. The summed E-state index contributed by atoms with van der Waals surface area (Å²) >= 11 is 0. The first-order valence-corrected chi connectivity index (χ1v) is 7.80. The molecule has 0 aliphatic rings. The summed E-state index contributed by atoms with van der Waals surface area (Å²) in [5, 5.41) is 55.8. The van der Waals surface area contributed by atoms with Crippen LogP contribution in [-0.2, 0) is 4.74 Å². The molecular formula is C18H10O13. The van der Waals surface area contributed by atoms with Crippen LogP contribution in [-0.4, -0.2) is 66.5 Å². The van der Waals surface area contributed by atoms with E-state index in [2.05, 4.69) is 4.74 Å². The molecule has 0 heterocycles. The van der Waals surface area contributed by atoms with Gasteiger partial charge in [0.1, 0.15) is 33.8 Å². The molecule has 0 radical (unpaired) electrons. The fourth-order valence-corrected chi connectivity index (χ4v) is 2.49. The van der Waals surface area contributed by atoms with E-state index < -0.39 is 80.7 Å². The molecule has 13 heteroatoms. The van der Waals surface area contributed by atoms with Crippen molar-refractivity contribution in [2.45, 2.75) is 0 Å². The van der Waals surface area contributed by atoms with Crippen molar-refractivity contribution in [1.29, 1.82) is 0 Å². The van der Waals surface area contributed by atoms with E-state index in [1.54, 1.807) is 0 Å². The van der Waals surface area contributed by atoms with Gasteiger partial charge < -0.3 is 35.4 Å². The van der Waals surface area contributed by atoms with Crippen molar-refractivity contribution in [3.63, 3.8) is 0 Å². The van der Waals surface area contributed by atoms with Crippen molar-refractivity contribution in [1.82, 2.24) is 0 Å². The number of ether oxygens (including phenoxy) is 1. The Bertz CT molecular complexity index is 1080. The third-order valence-electron chi connectivity index (χ3n) is 3.87. The van der Waals surface area contributed by atoms with Crippen LogP contribution in [0.1, 0.15) is 62.1 Å². The van der Waals surface area contributed by atoms with Crippen LogP contribution in [0.5, 0.6) is 11.5 Å². The Balaban J connectivity index is 2.52. The molecule has 0 aliphatic heterocycles. The molecule has 2 aromatic rings. The van der Waals surface area contributed by atoms with Crippen LogP contribution >= 0.6 is 0 Å². The molecular weight excluding hydrogens is 424 g/mol. The molecule has 0 saturated carbocycles. The Morgan fingerprint density at radius 2 is 0.806 bits per heavy atom. The predicted octanol–water partition coefficient (Wildman–Crippen LogP) is 0.888. The minimum atomic E-state index is -1.94. The molecule has 13 nitrogen and oxygen atoms in total. The van der Waals surface area contributed by atoms with Gasteiger partial charge in [-0.3, -0.25) is 0 Å². The first kappa shape index (κ1) is 22.4. The molecule has 0 spiro atoms. The second-order valence-electron chi connectivity index (χ2n) is 5.67. The van der Waals surface area contributed by atoms with Gasteiger partial charge in [0.2, 0.25) is 0 Å². The number of phenols is 2.